The first-order chi connectivity index (χ1) is 9.20. The summed E-state index contributed by atoms with van der Waals surface area (Å²) >= 11 is 9.77. The summed E-state index contributed by atoms with van der Waals surface area (Å²) in [5.74, 6) is 1.16. The summed E-state index contributed by atoms with van der Waals surface area (Å²) in [5.41, 5.74) is 4.09. The molecule has 0 N–H and O–H groups in total. The molecule has 0 bridgehead atoms. The second-order valence-corrected chi connectivity index (χ2v) is 6.11. The van der Waals surface area contributed by atoms with Gasteiger partial charge in [-0.2, -0.15) is 0 Å². The van der Waals surface area contributed by atoms with Crippen molar-refractivity contribution >= 4 is 27.5 Å². The number of aryl methyl sites for hydroxylation is 1. The second kappa shape index (κ2) is 7.12. The Bertz CT molecular complexity index is 489. The summed E-state index contributed by atoms with van der Waals surface area (Å²) < 4.78 is 1.18. The average molecular weight is 338 g/mol. The van der Waals surface area contributed by atoms with Crippen LogP contribution < -0.4 is 0 Å². The lowest BCUT2D eigenvalue weighted by Crippen LogP contribution is -2.11. The van der Waals surface area contributed by atoms with Gasteiger partial charge in [0.05, 0.1) is 0 Å². The van der Waals surface area contributed by atoms with Gasteiger partial charge in [-0.25, -0.2) is 0 Å². The van der Waals surface area contributed by atoms with Crippen molar-refractivity contribution in [2.24, 2.45) is 5.92 Å². The van der Waals surface area contributed by atoms with E-state index in [4.69, 9.17) is 11.6 Å². The second-order valence-electron chi connectivity index (χ2n) is 4.95. The summed E-state index contributed by atoms with van der Waals surface area (Å²) in [6.07, 6.45) is 2.05. The van der Waals surface area contributed by atoms with E-state index in [1.165, 1.54) is 21.2 Å². The average Bonchev–Trinajstić information content (AvgIpc) is 2.42. The van der Waals surface area contributed by atoms with Crippen LogP contribution in [0.1, 0.15) is 16.7 Å². The summed E-state index contributed by atoms with van der Waals surface area (Å²) in [6, 6.07) is 16.9. The molecule has 0 radical (unpaired) electrons. The van der Waals surface area contributed by atoms with Gasteiger partial charge in [0.2, 0.25) is 0 Å². The SMILES string of the molecule is Cc1ccccc1CC(CCl)Cc1ccccc1Br. The Morgan fingerprint density at radius 1 is 0.947 bits per heavy atom. The molecule has 0 aliphatic rings. The summed E-state index contributed by atoms with van der Waals surface area (Å²) in [4.78, 5) is 0. The minimum atomic E-state index is 0.474. The minimum absolute atomic E-state index is 0.474. The van der Waals surface area contributed by atoms with Crippen LogP contribution in [0.15, 0.2) is 53.0 Å². The number of rotatable bonds is 5. The molecule has 0 spiro atoms. The highest BCUT2D eigenvalue weighted by atomic mass is 79.9. The maximum Gasteiger partial charge on any atom is 0.0258 e. The number of benzene rings is 2. The summed E-state index contributed by atoms with van der Waals surface area (Å²) in [5, 5.41) is 0. The highest BCUT2D eigenvalue weighted by Gasteiger charge is 2.12. The van der Waals surface area contributed by atoms with E-state index >= 15 is 0 Å². The van der Waals surface area contributed by atoms with Crippen LogP contribution >= 0.6 is 27.5 Å². The molecule has 2 heteroatoms. The predicted molar refractivity (Wildman–Crippen MR) is 86.9 cm³/mol. The molecule has 0 aliphatic carbocycles. The lowest BCUT2D eigenvalue weighted by molar-refractivity contribution is 0.581. The van der Waals surface area contributed by atoms with Crippen LogP contribution in [-0.2, 0) is 12.8 Å². The molecule has 0 amide bonds. The molecule has 0 nitrogen and oxygen atoms in total. The number of hydrogen-bond acceptors (Lipinski definition) is 0. The van der Waals surface area contributed by atoms with Gasteiger partial charge in [0.15, 0.2) is 0 Å². The third kappa shape index (κ3) is 4.09. The van der Waals surface area contributed by atoms with Crippen molar-refractivity contribution < 1.29 is 0 Å². The molecule has 19 heavy (non-hydrogen) atoms. The maximum absolute atomic E-state index is 6.16. The Balaban J connectivity index is 2.09. The Morgan fingerprint density at radius 2 is 1.53 bits per heavy atom. The zero-order valence-electron chi connectivity index (χ0n) is 11.1. The van der Waals surface area contributed by atoms with Crippen LogP contribution in [0, 0.1) is 12.8 Å². The Kier molecular flexibility index (Phi) is 5.47. The zero-order chi connectivity index (χ0) is 13.7. The zero-order valence-corrected chi connectivity index (χ0v) is 13.4. The standard InChI is InChI=1S/C17H18BrCl/c1-13-6-2-3-7-15(13)10-14(12-19)11-16-8-4-5-9-17(16)18/h2-9,14H,10-12H2,1H3. The number of halogens is 2. The van der Waals surface area contributed by atoms with E-state index in [1.807, 2.05) is 6.07 Å². The molecule has 0 aromatic heterocycles. The molecule has 2 aromatic carbocycles. The first-order valence-corrected chi connectivity index (χ1v) is 7.87. The van der Waals surface area contributed by atoms with E-state index in [0.717, 1.165) is 12.8 Å². The Labute approximate surface area is 128 Å². The smallest absolute Gasteiger partial charge is 0.0258 e. The van der Waals surface area contributed by atoms with E-state index in [9.17, 15) is 0 Å². The normalized spacial score (nSPS) is 12.4. The van der Waals surface area contributed by atoms with Crippen LogP contribution in [0.3, 0.4) is 0 Å². The lowest BCUT2D eigenvalue weighted by atomic mass is 9.92. The van der Waals surface area contributed by atoms with Gasteiger partial charge in [-0.3, -0.25) is 0 Å². The van der Waals surface area contributed by atoms with Gasteiger partial charge >= 0.3 is 0 Å². The third-order valence-electron chi connectivity index (χ3n) is 3.45. The molecule has 0 saturated carbocycles. The molecule has 0 aliphatic heterocycles. The van der Waals surface area contributed by atoms with Crippen molar-refractivity contribution in [3.05, 3.63) is 69.7 Å². The van der Waals surface area contributed by atoms with Crippen LogP contribution in [0.2, 0.25) is 0 Å². The first-order valence-electron chi connectivity index (χ1n) is 6.54. The van der Waals surface area contributed by atoms with Crippen molar-refractivity contribution in [3.8, 4) is 0 Å². The minimum Gasteiger partial charge on any atom is -0.126 e. The van der Waals surface area contributed by atoms with Gasteiger partial charge in [0.25, 0.3) is 0 Å². The van der Waals surface area contributed by atoms with Gasteiger partial charge in [0.1, 0.15) is 0 Å². The monoisotopic (exact) mass is 336 g/mol. The van der Waals surface area contributed by atoms with Gasteiger partial charge in [-0.05, 0) is 48.4 Å². The molecule has 0 saturated heterocycles. The van der Waals surface area contributed by atoms with Crippen LogP contribution in [0.4, 0.5) is 0 Å². The van der Waals surface area contributed by atoms with Crippen molar-refractivity contribution in [2.45, 2.75) is 19.8 Å². The molecule has 0 heterocycles. The largest absolute Gasteiger partial charge is 0.126 e. The van der Waals surface area contributed by atoms with E-state index in [-0.39, 0.29) is 0 Å². The molecule has 1 unspecified atom stereocenters. The maximum atomic E-state index is 6.16. The summed E-state index contributed by atoms with van der Waals surface area (Å²) in [6.45, 7) is 2.17. The quantitative estimate of drug-likeness (QED) is 0.641. The number of alkyl halides is 1. The molecule has 0 fully saturated rings. The van der Waals surface area contributed by atoms with Crippen molar-refractivity contribution in [1.82, 2.24) is 0 Å². The molecule has 2 rings (SSSR count). The molecule has 2 aromatic rings. The Hall–Kier alpha value is -0.790. The van der Waals surface area contributed by atoms with Crippen molar-refractivity contribution in [3.63, 3.8) is 0 Å². The van der Waals surface area contributed by atoms with Gasteiger partial charge in [-0.1, -0.05) is 58.4 Å². The van der Waals surface area contributed by atoms with E-state index < -0.39 is 0 Å². The fraction of sp³-hybridized carbons (Fsp3) is 0.294. The molecular formula is C17H18BrCl. The lowest BCUT2D eigenvalue weighted by Gasteiger charge is -2.16. The fourth-order valence-corrected chi connectivity index (χ4v) is 2.97. The number of hydrogen-bond donors (Lipinski definition) is 0. The highest BCUT2D eigenvalue weighted by molar-refractivity contribution is 9.10. The first kappa shape index (κ1) is 14.6. The van der Waals surface area contributed by atoms with Gasteiger partial charge < -0.3 is 0 Å². The van der Waals surface area contributed by atoms with Gasteiger partial charge in [-0.15, -0.1) is 11.6 Å². The van der Waals surface area contributed by atoms with E-state index in [0.29, 0.717) is 11.8 Å². The highest BCUT2D eigenvalue weighted by Crippen LogP contribution is 2.23. The summed E-state index contributed by atoms with van der Waals surface area (Å²) in [7, 11) is 0. The third-order valence-corrected chi connectivity index (χ3v) is 4.66. The van der Waals surface area contributed by atoms with Gasteiger partial charge in [0, 0.05) is 10.4 Å². The fourth-order valence-electron chi connectivity index (χ4n) is 2.31. The molecular weight excluding hydrogens is 320 g/mol. The van der Waals surface area contributed by atoms with Crippen LogP contribution in [0.5, 0.6) is 0 Å². The molecule has 100 valence electrons. The van der Waals surface area contributed by atoms with E-state index in [2.05, 4.69) is 65.3 Å². The van der Waals surface area contributed by atoms with Crippen molar-refractivity contribution in [2.75, 3.05) is 5.88 Å². The van der Waals surface area contributed by atoms with Crippen LogP contribution in [0.25, 0.3) is 0 Å². The van der Waals surface area contributed by atoms with Crippen molar-refractivity contribution in [1.29, 1.82) is 0 Å². The topological polar surface area (TPSA) is 0 Å². The Morgan fingerprint density at radius 3 is 2.16 bits per heavy atom. The molecule has 1 atom stereocenters. The predicted octanol–water partition coefficient (Wildman–Crippen LogP) is 5.40. The van der Waals surface area contributed by atoms with E-state index in [1.54, 1.807) is 0 Å². The van der Waals surface area contributed by atoms with Crippen LogP contribution in [-0.4, -0.2) is 5.88 Å².